The summed E-state index contributed by atoms with van der Waals surface area (Å²) in [5, 5.41) is 3.62. The van der Waals surface area contributed by atoms with Gasteiger partial charge in [-0.05, 0) is 60.7 Å². The van der Waals surface area contributed by atoms with Crippen LogP contribution >= 0.6 is 0 Å². The van der Waals surface area contributed by atoms with Crippen molar-refractivity contribution in [3.63, 3.8) is 0 Å². The van der Waals surface area contributed by atoms with E-state index in [-0.39, 0.29) is 10.5 Å². The second-order valence-corrected chi connectivity index (χ2v) is 10.4. The third kappa shape index (κ3) is 4.33. The van der Waals surface area contributed by atoms with Gasteiger partial charge >= 0.3 is 0 Å². The second kappa shape index (κ2) is 8.88. The first-order valence-corrected chi connectivity index (χ1v) is 12.1. The highest BCUT2D eigenvalue weighted by Gasteiger charge is 2.32. The highest BCUT2D eigenvalue weighted by molar-refractivity contribution is 7.89. The summed E-state index contributed by atoms with van der Waals surface area (Å²) in [7, 11) is -2.11. The van der Waals surface area contributed by atoms with Gasteiger partial charge in [0.2, 0.25) is 10.0 Å². The van der Waals surface area contributed by atoms with Gasteiger partial charge in [-0.15, -0.1) is 0 Å². The lowest BCUT2D eigenvalue weighted by molar-refractivity contribution is 0.102. The number of aromatic nitrogens is 1. The van der Waals surface area contributed by atoms with Gasteiger partial charge in [0, 0.05) is 30.2 Å². The summed E-state index contributed by atoms with van der Waals surface area (Å²) in [6.07, 6.45) is 2.67. The Morgan fingerprint density at radius 3 is 2.56 bits per heavy atom. The zero-order valence-corrected chi connectivity index (χ0v) is 19.2. The number of piperidine rings is 1. The molecule has 7 nitrogen and oxygen atoms in total. The van der Waals surface area contributed by atoms with Crippen molar-refractivity contribution < 1.29 is 17.9 Å². The molecule has 1 saturated heterocycles. The van der Waals surface area contributed by atoms with E-state index < -0.39 is 15.9 Å². The number of sulfonamides is 1. The SMILES string of the molecule is COc1ccc(NC(=O)c2cccc(S(=O)(=O)N3CC(C)CC(C)C3)c2)c2cccnc12. The zero-order chi connectivity index (χ0) is 22.9. The summed E-state index contributed by atoms with van der Waals surface area (Å²) in [6, 6.07) is 13.3. The summed E-state index contributed by atoms with van der Waals surface area (Å²) in [5.41, 5.74) is 1.49. The minimum absolute atomic E-state index is 0.132. The molecule has 1 fully saturated rings. The number of ether oxygens (including phenoxy) is 1. The van der Waals surface area contributed by atoms with Crippen molar-refractivity contribution in [3.05, 3.63) is 60.3 Å². The number of anilines is 1. The van der Waals surface area contributed by atoms with E-state index >= 15 is 0 Å². The number of hydrogen-bond donors (Lipinski definition) is 1. The van der Waals surface area contributed by atoms with E-state index in [1.165, 1.54) is 10.4 Å². The number of carbonyl (C=O) groups excluding carboxylic acids is 1. The molecule has 1 N–H and O–H groups in total. The molecule has 2 unspecified atom stereocenters. The molecular weight excluding hydrogens is 426 g/mol. The van der Waals surface area contributed by atoms with Crippen molar-refractivity contribution in [3.8, 4) is 5.75 Å². The van der Waals surface area contributed by atoms with E-state index in [9.17, 15) is 13.2 Å². The molecule has 168 valence electrons. The first-order chi connectivity index (χ1) is 15.3. The van der Waals surface area contributed by atoms with E-state index in [2.05, 4.69) is 24.1 Å². The largest absolute Gasteiger partial charge is 0.494 e. The Labute approximate surface area is 188 Å². The first kappa shape index (κ1) is 22.2. The number of carbonyl (C=O) groups is 1. The summed E-state index contributed by atoms with van der Waals surface area (Å²) in [4.78, 5) is 17.5. The predicted octanol–water partition coefficient (Wildman–Crippen LogP) is 4.16. The van der Waals surface area contributed by atoms with Gasteiger partial charge in [-0.1, -0.05) is 19.9 Å². The Kier molecular flexibility index (Phi) is 6.17. The normalized spacial score (nSPS) is 19.6. The Bertz CT molecular complexity index is 1250. The summed E-state index contributed by atoms with van der Waals surface area (Å²) < 4.78 is 33.3. The summed E-state index contributed by atoms with van der Waals surface area (Å²) in [5.74, 6) is 0.823. The third-order valence-corrected chi connectivity index (χ3v) is 7.60. The topological polar surface area (TPSA) is 88.6 Å². The molecule has 32 heavy (non-hydrogen) atoms. The maximum atomic E-state index is 13.2. The molecule has 0 saturated carbocycles. The molecule has 4 rings (SSSR count). The number of nitrogens with zero attached hydrogens (tertiary/aromatic N) is 2. The van der Waals surface area contributed by atoms with E-state index in [0.717, 1.165) is 11.8 Å². The van der Waals surface area contributed by atoms with E-state index in [0.29, 0.717) is 41.9 Å². The molecule has 1 aliphatic rings. The van der Waals surface area contributed by atoms with Crippen LogP contribution in [0.1, 0.15) is 30.6 Å². The molecule has 0 radical (unpaired) electrons. The summed E-state index contributed by atoms with van der Waals surface area (Å²) >= 11 is 0. The van der Waals surface area contributed by atoms with Crippen LogP contribution in [0.4, 0.5) is 5.69 Å². The van der Waals surface area contributed by atoms with Gasteiger partial charge in [0.25, 0.3) is 5.91 Å². The summed E-state index contributed by atoms with van der Waals surface area (Å²) in [6.45, 7) is 5.12. The standard InChI is InChI=1S/C24H27N3O4S/c1-16-12-17(2)15-27(14-16)32(29,30)19-7-4-6-18(13-19)24(28)26-21-9-10-22(31-3)23-20(21)8-5-11-25-23/h4-11,13,16-17H,12,14-15H2,1-3H3,(H,26,28). The minimum atomic E-state index is -3.67. The molecule has 0 spiro atoms. The molecule has 0 aliphatic carbocycles. The van der Waals surface area contributed by atoms with Crippen LogP contribution in [-0.4, -0.2) is 43.8 Å². The van der Waals surface area contributed by atoms with Gasteiger partial charge in [0.05, 0.1) is 17.7 Å². The van der Waals surface area contributed by atoms with E-state index in [4.69, 9.17) is 4.74 Å². The lowest BCUT2D eigenvalue weighted by Crippen LogP contribution is -2.42. The fourth-order valence-corrected chi connectivity index (χ4v) is 6.09. The molecule has 8 heteroatoms. The van der Waals surface area contributed by atoms with Gasteiger partial charge in [-0.3, -0.25) is 9.78 Å². The number of amides is 1. The number of nitrogens with one attached hydrogen (secondary N) is 1. The fourth-order valence-electron chi connectivity index (χ4n) is 4.36. The molecule has 1 amide bonds. The molecule has 0 bridgehead atoms. The fraction of sp³-hybridized carbons (Fsp3) is 0.333. The molecule has 2 atom stereocenters. The number of pyridine rings is 1. The lowest BCUT2D eigenvalue weighted by atomic mass is 9.94. The van der Waals surface area contributed by atoms with Gasteiger partial charge in [0.15, 0.2) is 0 Å². The average Bonchev–Trinajstić information content (AvgIpc) is 2.78. The van der Waals surface area contributed by atoms with Crippen LogP contribution in [0.2, 0.25) is 0 Å². The van der Waals surface area contributed by atoms with Crippen molar-refractivity contribution >= 4 is 32.5 Å². The smallest absolute Gasteiger partial charge is 0.255 e. The van der Waals surface area contributed by atoms with Gasteiger partial charge in [0.1, 0.15) is 11.3 Å². The van der Waals surface area contributed by atoms with Gasteiger partial charge in [-0.2, -0.15) is 4.31 Å². The van der Waals surface area contributed by atoms with Crippen molar-refractivity contribution in [2.75, 3.05) is 25.5 Å². The third-order valence-electron chi connectivity index (χ3n) is 5.77. The highest BCUT2D eigenvalue weighted by Crippen LogP contribution is 2.30. The van der Waals surface area contributed by atoms with Crippen LogP contribution < -0.4 is 10.1 Å². The van der Waals surface area contributed by atoms with Crippen molar-refractivity contribution in [1.29, 1.82) is 0 Å². The van der Waals surface area contributed by atoms with Crippen LogP contribution in [0.25, 0.3) is 10.9 Å². The lowest BCUT2D eigenvalue weighted by Gasteiger charge is -2.34. The van der Waals surface area contributed by atoms with E-state index in [1.807, 2.05) is 6.07 Å². The van der Waals surface area contributed by atoms with Crippen LogP contribution in [-0.2, 0) is 10.0 Å². The monoisotopic (exact) mass is 453 g/mol. The number of methoxy groups -OCH3 is 1. The first-order valence-electron chi connectivity index (χ1n) is 10.6. The number of rotatable bonds is 5. The quantitative estimate of drug-likeness (QED) is 0.627. The second-order valence-electron chi connectivity index (χ2n) is 8.46. The number of hydrogen-bond acceptors (Lipinski definition) is 5. The van der Waals surface area contributed by atoms with Gasteiger partial charge in [-0.25, -0.2) is 8.42 Å². The van der Waals surface area contributed by atoms with Crippen molar-refractivity contribution in [1.82, 2.24) is 9.29 Å². The number of benzene rings is 2. The van der Waals surface area contributed by atoms with Crippen LogP contribution in [0, 0.1) is 11.8 Å². The van der Waals surface area contributed by atoms with Crippen molar-refractivity contribution in [2.24, 2.45) is 11.8 Å². The average molecular weight is 454 g/mol. The molecule has 2 heterocycles. The predicted molar refractivity (Wildman–Crippen MR) is 124 cm³/mol. The highest BCUT2D eigenvalue weighted by atomic mass is 32.2. The molecule has 1 aliphatic heterocycles. The zero-order valence-electron chi connectivity index (χ0n) is 18.4. The van der Waals surface area contributed by atoms with Gasteiger partial charge < -0.3 is 10.1 Å². The van der Waals surface area contributed by atoms with Crippen molar-refractivity contribution in [2.45, 2.75) is 25.2 Å². The molecule has 1 aromatic heterocycles. The Hall–Kier alpha value is -2.97. The maximum absolute atomic E-state index is 13.2. The Morgan fingerprint density at radius 1 is 1.09 bits per heavy atom. The minimum Gasteiger partial charge on any atom is -0.494 e. The van der Waals surface area contributed by atoms with Crippen LogP contribution in [0.5, 0.6) is 5.75 Å². The molecular formula is C24H27N3O4S. The van der Waals surface area contributed by atoms with Crippen LogP contribution in [0.3, 0.4) is 0 Å². The maximum Gasteiger partial charge on any atom is 0.255 e. The number of fused-ring (bicyclic) bond motifs is 1. The molecule has 3 aromatic rings. The Morgan fingerprint density at radius 2 is 1.84 bits per heavy atom. The van der Waals surface area contributed by atoms with Crippen LogP contribution in [0.15, 0.2) is 59.6 Å². The van der Waals surface area contributed by atoms with E-state index in [1.54, 1.807) is 49.7 Å². The Balaban J connectivity index is 1.62. The molecule has 2 aromatic carbocycles.